The molecule has 1 saturated heterocycles. The first kappa shape index (κ1) is 26.4. The highest BCUT2D eigenvalue weighted by Gasteiger charge is 2.40. The molecule has 1 fully saturated rings. The van der Waals surface area contributed by atoms with Gasteiger partial charge in [0.25, 0.3) is 0 Å². The minimum atomic E-state index is -3.74. The van der Waals surface area contributed by atoms with Gasteiger partial charge in [-0.1, -0.05) is 12.1 Å². The smallest absolute Gasteiger partial charge is 0.328 e. The molecule has 2 atom stereocenters. The van der Waals surface area contributed by atoms with Crippen molar-refractivity contribution >= 4 is 27.9 Å². The maximum absolute atomic E-state index is 13.2. The second kappa shape index (κ2) is 11.3. The quantitative estimate of drug-likeness (QED) is 0.495. The van der Waals surface area contributed by atoms with Crippen LogP contribution in [0.5, 0.6) is 5.75 Å². The highest BCUT2D eigenvalue weighted by Crippen LogP contribution is 2.16. The van der Waals surface area contributed by atoms with E-state index >= 15 is 0 Å². The number of piperazine rings is 1. The van der Waals surface area contributed by atoms with E-state index in [9.17, 15) is 22.8 Å². The summed E-state index contributed by atoms with van der Waals surface area (Å²) in [7, 11) is -0.995. The molecule has 0 saturated carbocycles. The summed E-state index contributed by atoms with van der Waals surface area (Å²) in [4.78, 5) is 39.4. The fourth-order valence-electron chi connectivity index (χ4n) is 3.50. The molecular formula is C21H32N4O7S. The van der Waals surface area contributed by atoms with Gasteiger partial charge in [-0.3, -0.25) is 4.79 Å². The Bertz CT molecular complexity index is 950. The van der Waals surface area contributed by atoms with E-state index in [1.54, 1.807) is 38.1 Å². The number of hydrogen-bond acceptors (Lipinski definition) is 7. The van der Waals surface area contributed by atoms with E-state index in [4.69, 9.17) is 9.47 Å². The van der Waals surface area contributed by atoms with Gasteiger partial charge in [0.05, 0.1) is 20.5 Å². The number of benzene rings is 1. The van der Waals surface area contributed by atoms with Gasteiger partial charge in [0.2, 0.25) is 15.9 Å². The first-order valence-corrected chi connectivity index (χ1v) is 12.3. The maximum atomic E-state index is 13.2. The van der Waals surface area contributed by atoms with E-state index in [0.717, 1.165) is 16.1 Å². The van der Waals surface area contributed by atoms with Gasteiger partial charge in [-0.05, 0) is 31.5 Å². The Morgan fingerprint density at radius 2 is 1.73 bits per heavy atom. The summed E-state index contributed by atoms with van der Waals surface area (Å²) in [6.45, 7) is 3.56. The Kier molecular flexibility index (Phi) is 9.06. The Morgan fingerprint density at radius 3 is 2.24 bits per heavy atom. The number of nitrogens with zero attached hydrogens (tertiary/aromatic N) is 2. The minimum Gasteiger partial charge on any atom is -0.497 e. The van der Waals surface area contributed by atoms with E-state index in [-0.39, 0.29) is 32.1 Å². The van der Waals surface area contributed by atoms with Crippen molar-refractivity contribution < 1.29 is 32.3 Å². The number of hydrogen-bond donors (Lipinski definition) is 2. The van der Waals surface area contributed by atoms with Gasteiger partial charge in [0, 0.05) is 32.1 Å². The van der Waals surface area contributed by atoms with Crippen LogP contribution in [0.15, 0.2) is 24.3 Å². The maximum Gasteiger partial charge on any atom is 0.328 e. The predicted octanol–water partition coefficient (Wildman–Crippen LogP) is -0.0407. The molecule has 2 unspecified atom stereocenters. The monoisotopic (exact) mass is 484 g/mol. The van der Waals surface area contributed by atoms with Crippen LogP contribution in [0, 0.1) is 0 Å². The minimum absolute atomic E-state index is 0.0379. The van der Waals surface area contributed by atoms with E-state index < -0.39 is 40.0 Å². The first-order chi connectivity index (χ1) is 15.5. The molecule has 1 heterocycles. The molecule has 0 spiro atoms. The summed E-state index contributed by atoms with van der Waals surface area (Å²) < 4.78 is 35.6. The van der Waals surface area contributed by atoms with Crippen molar-refractivity contribution in [2.75, 3.05) is 40.1 Å². The highest BCUT2D eigenvalue weighted by atomic mass is 32.2. The van der Waals surface area contributed by atoms with Crippen LogP contribution in [0.1, 0.15) is 19.4 Å². The molecule has 2 rings (SSSR count). The second-order valence-electron chi connectivity index (χ2n) is 8.08. The second-order valence-corrected chi connectivity index (χ2v) is 10.0. The molecule has 0 aliphatic carbocycles. The van der Waals surface area contributed by atoms with Crippen molar-refractivity contribution in [2.24, 2.45) is 0 Å². The number of esters is 1. The molecule has 0 radical (unpaired) electrons. The van der Waals surface area contributed by atoms with Crippen molar-refractivity contribution in [1.82, 2.24) is 19.8 Å². The van der Waals surface area contributed by atoms with Crippen molar-refractivity contribution in [3.05, 3.63) is 29.8 Å². The van der Waals surface area contributed by atoms with Gasteiger partial charge >= 0.3 is 12.0 Å². The van der Waals surface area contributed by atoms with E-state index in [1.165, 1.54) is 19.1 Å². The standard InChI is InChI=1S/C21H32N4O7S/c1-14(2)22-21(28)24-10-11-25(33(5,29)30)18(13-24)19(26)23-17(20(27)32-4)12-15-6-8-16(31-3)9-7-15/h6-9,14,17-18H,10-13H2,1-5H3,(H,22,28)(H,23,26). The van der Waals surface area contributed by atoms with Crippen LogP contribution >= 0.6 is 0 Å². The van der Waals surface area contributed by atoms with Gasteiger partial charge in [0.1, 0.15) is 17.8 Å². The molecule has 11 nitrogen and oxygen atoms in total. The lowest BCUT2D eigenvalue weighted by molar-refractivity contribution is -0.145. The summed E-state index contributed by atoms with van der Waals surface area (Å²) in [5.74, 6) is -0.718. The highest BCUT2D eigenvalue weighted by molar-refractivity contribution is 7.88. The summed E-state index contributed by atoms with van der Waals surface area (Å²) in [5.41, 5.74) is 0.744. The number of urea groups is 1. The summed E-state index contributed by atoms with van der Waals surface area (Å²) in [5, 5.41) is 5.35. The Labute approximate surface area is 194 Å². The van der Waals surface area contributed by atoms with Crippen LogP contribution in [0.4, 0.5) is 4.79 Å². The number of nitrogens with one attached hydrogen (secondary N) is 2. The molecular weight excluding hydrogens is 452 g/mol. The van der Waals surface area contributed by atoms with Gasteiger partial charge in [-0.25, -0.2) is 18.0 Å². The number of ether oxygens (including phenoxy) is 2. The zero-order valence-corrected chi connectivity index (χ0v) is 20.3. The van der Waals surface area contributed by atoms with Gasteiger partial charge in [-0.2, -0.15) is 4.31 Å². The van der Waals surface area contributed by atoms with E-state index in [2.05, 4.69) is 10.6 Å². The Balaban J connectivity index is 2.22. The molecule has 1 aromatic rings. The van der Waals surface area contributed by atoms with E-state index in [0.29, 0.717) is 5.75 Å². The average Bonchev–Trinajstić information content (AvgIpc) is 2.77. The van der Waals surface area contributed by atoms with Gasteiger partial charge < -0.3 is 25.0 Å². The molecule has 0 aromatic heterocycles. The first-order valence-electron chi connectivity index (χ1n) is 10.5. The molecule has 184 valence electrons. The average molecular weight is 485 g/mol. The van der Waals surface area contributed by atoms with Crippen LogP contribution in [-0.2, 0) is 30.8 Å². The van der Waals surface area contributed by atoms with Crippen molar-refractivity contribution in [3.8, 4) is 5.75 Å². The zero-order valence-electron chi connectivity index (χ0n) is 19.5. The van der Waals surface area contributed by atoms with Crippen LogP contribution in [0.25, 0.3) is 0 Å². The zero-order chi connectivity index (χ0) is 24.8. The molecule has 12 heteroatoms. The Hall–Kier alpha value is -2.86. The largest absolute Gasteiger partial charge is 0.497 e. The lowest BCUT2D eigenvalue weighted by Crippen LogP contribution is -2.64. The third-order valence-electron chi connectivity index (χ3n) is 5.16. The molecule has 1 aliphatic rings. The van der Waals surface area contributed by atoms with Gasteiger partial charge in [0.15, 0.2) is 0 Å². The molecule has 0 bridgehead atoms. The molecule has 1 aliphatic heterocycles. The van der Waals surface area contributed by atoms with Crippen LogP contribution < -0.4 is 15.4 Å². The lowest BCUT2D eigenvalue weighted by atomic mass is 10.0. The summed E-state index contributed by atoms with van der Waals surface area (Å²) >= 11 is 0. The predicted molar refractivity (Wildman–Crippen MR) is 121 cm³/mol. The number of sulfonamides is 1. The molecule has 33 heavy (non-hydrogen) atoms. The number of amides is 3. The summed E-state index contributed by atoms with van der Waals surface area (Å²) in [6, 6.07) is 4.22. The number of carbonyl (C=O) groups is 3. The fourth-order valence-corrected chi connectivity index (χ4v) is 4.54. The molecule has 3 amide bonds. The third-order valence-corrected chi connectivity index (χ3v) is 6.45. The third kappa shape index (κ3) is 7.32. The lowest BCUT2D eigenvalue weighted by Gasteiger charge is -2.39. The van der Waals surface area contributed by atoms with Crippen LogP contribution in [-0.4, -0.2) is 93.8 Å². The number of rotatable bonds is 8. The normalized spacial score (nSPS) is 17.9. The fraction of sp³-hybridized carbons (Fsp3) is 0.571. The summed E-state index contributed by atoms with van der Waals surface area (Å²) in [6.07, 6.45) is 1.14. The Morgan fingerprint density at radius 1 is 1.09 bits per heavy atom. The van der Waals surface area contributed by atoms with Crippen LogP contribution in [0.3, 0.4) is 0 Å². The van der Waals surface area contributed by atoms with Crippen LogP contribution in [0.2, 0.25) is 0 Å². The van der Waals surface area contributed by atoms with Crippen molar-refractivity contribution in [3.63, 3.8) is 0 Å². The van der Waals surface area contributed by atoms with E-state index in [1.807, 2.05) is 0 Å². The number of methoxy groups -OCH3 is 2. The molecule has 2 N–H and O–H groups in total. The molecule has 1 aromatic carbocycles. The topological polar surface area (TPSA) is 134 Å². The number of carbonyl (C=O) groups excluding carboxylic acids is 3. The van der Waals surface area contributed by atoms with Crippen molar-refractivity contribution in [1.29, 1.82) is 0 Å². The van der Waals surface area contributed by atoms with Crippen molar-refractivity contribution in [2.45, 2.75) is 38.4 Å². The van der Waals surface area contributed by atoms with Gasteiger partial charge in [-0.15, -0.1) is 0 Å². The SMILES string of the molecule is COC(=O)C(Cc1ccc(OC)cc1)NC(=O)C1CN(C(=O)NC(C)C)CCN1S(C)(=O)=O.